The summed E-state index contributed by atoms with van der Waals surface area (Å²) in [5.41, 5.74) is 2.91. The van der Waals surface area contributed by atoms with E-state index in [9.17, 15) is 4.79 Å². The van der Waals surface area contributed by atoms with Crippen LogP contribution in [0.15, 0.2) is 18.2 Å². The number of carbonyl (C=O) groups is 1. The Bertz CT molecular complexity index is 409. The molecule has 0 heterocycles. The van der Waals surface area contributed by atoms with Gasteiger partial charge in [-0.05, 0) is 32.9 Å². The second-order valence-electron chi connectivity index (χ2n) is 3.90. The summed E-state index contributed by atoms with van der Waals surface area (Å²) < 4.78 is 0. The van der Waals surface area contributed by atoms with Crippen molar-refractivity contribution in [3.63, 3.8) is 0 Å². The minimum atomic E-state index is 0.00671. The third-order valence-corrected chi connectivity index (χ3v) is 2.42. The van der Waals surface area contributed by atoms with Gasteiger partial charge in [0.1, 0.15) is 0 Å². The molecule has 0 atom stereocenters. The quantitative estimate of drug-likeness (QED) is 0.709. The van der Waals surface area contributed by atoms with E-state index in [0.29, 0.717) is 13.1 Å². The highest BCUT2D eigenvalue weighted by atomic mass is 16.2. The molecule has 0 unspecified atom stereocenters. The first kappa shape index (κ1) is 12.3. The van der Waals surface area contributed by atoms with Gasteiger partial charge in [-0.25, -0.2) is 0 Å². The van der Waals surface area contributed by atoms with Gasteiger partial charge in [-0.3, -0.25) is 4.79 Å². The maximum Gasteiger partial charge on any atom is 0.254 e. The molecule has 0 bridgehead atoms. The average molecular weight is 215 g/mol. The normalized spacial score (nSPS) is 9.62. The Kier molecular flexibility index (Phi) is 4.13. The first-order chi connectivity index (χ1) is 7.58. The van der Waals surface area contributed by atoms with Crippen LogP contribution in [0.4, 0.5) is 0 Å². The van der Waals surface area contributed by atoms with E-state index in [1.54, 1.807) is 4.90 Å². The van der Waals surface area contributed by atoms with E-state index >= 15 is 0 Å². The van der Waals surface area contributed by atoms with Crippen molar-refractivity contribution in [2.45, 2.75) is 20.8 Å². The number of hydrogen-bond donors (Lipinski definition) is 0. The smallest absolute Gasteiger partial charge is 0.254 e. The van der Waals surface area contributed by atoms with Crippen molar-refractivity contribution < 1.29 is 4.79 Å². The summed E-state index contributed by atoms with van der Waals surface area (Å²) in [5.74, 6) is 2.51. The molecule has 0 saturated heterocycles. The van der Waals surface area contributed by atoms with Gasteiger partial charge in [-0.1, -0.05) is 23.1 Å². The minimum absolute atomic E-state index is 0.00671. The summed E-state index contributed by atoms with van der Waals surface area (Å²) >= 11 is 0. The van der Waals surface area contributed by atoms with Crippen LogP contribution in [-0.2, 0) is 0 Å². The molecule has 0 aromatic heterocycles. The van der Waals surface area contributed by atoms with Gasteiger partial charge >= 0.3 is 0 Å². The van der Waals surface area contributed by atoms with Crippen molar-refractivity contribution in [2.24, 2.45) is 0 Å². The molecule has 1 rings (SSSR count). The number of carbonyl (C=O) groups excluding carboxylic acids is 1. The van der Waals surface area contributed by atoms with E-state index < -0.39 is 0 Å². The van der Waals surface area contributed by atoms with Gasteiger partial charge in [0.25, 0.3) is 5.91 Å². The first-order valence-electron chi connectivity index (χ1n) is 5.39. The van der Waals surface area contributed by atoms with E-state index in [1.165, 1.54) is 0 Å². The third-order valence-electron chi connectivity index (χ3n) is 2.42. The molecule has 2 nitrogen and oxygen atoms in total. The maximum absolute atomic E-state index is 12.1. The van der Waals surface area contributed by atoms with Crippen LogP contribution in [0.25, 0.3) is 0 Å². The summed E-state index contributed by atoms with van der Waals surface area (Å²) in [6, 6.07) is 5.84. The predicted octanol–water partition coefficient (Wildman–Crippen LogP) is 2.40. The number of amides is 1. The van der Waals surface area contributed by atoms with Crippen LogP contribution in [0, 0.1) is 26.2 Å². The molecule has 1 aromatic rings. The van der Waals surface area contributed by atoms with E-state index in [0.717, 1.165) is 16.7 Å². The van der Waals surface area contributed by atoms with Crippen molar-refractivity contribution in [1.29, 1.82) is 0 Å². The molecule has 0 aliphatic heterocycles. The molecule has 0 N–H and O–H groups in total. The molecule has 0 radical (unpaired) electrons. The number of rotatable bonds is 3. The fourth-order valence-corrected chi connectivity index (χ4v) is 1.72. The molecule has 16 heavy (non-hydrogen) atoms. The summed E-state index contributed by atoms with van der Waals surface area (Å²) in [4.78, 5) is 13.8. The number of hydrogen-bond acceptors (Lipinski definition) is 1. The Labute approximate surface area is 97.3 Å². The second kappa shape index (κ2) is 5.37. The van der Waals surface area contributed by atoms with Crippen LogP contribution in [0.3, 0.4) is 0 Å². The number of aryl methyl sites for hydroxylation is 2. The Hall–Kier alpha value is -1.75. The standard InChI is InChI=1S/C14H17NO/c1-5-7-15(6-2)14(16)13-9-11(3)8-12(4)10-13/h1,8-10H,6-7H2,2-4H3. The van der Waals surface area contributed by atoms with Crippen molar-refractivity contribution in [1.82, 2.24) is 4.90 Å². The van der Waals surface area contributed by atoms with Crippen molar-refractivity contribution in [2.75, 3.05) is 13.1 Å². The third kappa shape index (κ3) is 2.87. The van der Waals surface area contributed by atoms with Gasteiger partial charge in [-0.15, -0.1) is 6.42 Å². The monoisotopic (exact) mass is 215 g/mol. The van der Waals surface area contributed by atoms with E-state index in [2.05, 4.69) is 5.92 Å². The molecule has 1 amide bonds. The van der Waals surface area contributed by atoms with Crippen LogP contribution in [0.2, 0.25) is 0 Å². The largest absolute Gasteiger partial charge is 0.328 e. The Balaban J connectivity index is 2.99. The average Bonchev–Trinajstić information content (AvgIpc) is 2.23. The lowest BCUT2D eigenvalue weighted by atomic mass is 10.1. The van der Waals surface area contributed by atoms with Gasteiger partial charge in [0, 0.05) is 12.1 Å². The zero-order chi connectivity index (χ0) is 12.1. The molecule has 0 spiro atoms. The molecule has 0 saturated carbocycles. The number of terminal acetylenes is 1. The van der Waals surface area contributed by atoms with E-state index in [-0.39, 0.29) is 5.91 Å². The molecule has 0 fully saturated rings. The highest BCUT2D eigenvalue weighted by Crippen LogP contribution is 2.11. The summed E-state index contributed by atoms with van der Waals surface area (Å²) in [6.07, 6.45) is 5.24. The predicted molar refractivity (Wildman–Crippen MR) is 66.3 cm³/mol. The van der Waals surface area contributed by atoms with E-state index in [1.807, 2.05) is 39.0 Å². The SMILES string of the molecule is C#CCN(CC)C(=O)c1cc(C)cc(C)c1. The zero-order valence-corrected chi connectivity index (χ0v) is 10.1. The van der Waals surface area contributed by atoms with Gasteiger partial charge in [0.15, 0.2) is 0 Å². The molecule has 0 aliphatic carbocycles. The van der Waals surface area contributed by atoms with Crippen LogP contribution in [0.1, 0.15) is 28.4 Å². The number of benzene rings is 1. The number of nitrogens with zero attached hydrogens (tertiary/aromatic N) is 1. The Morgan fingerprint density at radius 3 is 2.31 bits per heavy atom. The van der Waals surface area contributed by atoms with Gasteiger partial charge in [0.2, 0.25) is 0 Å². The highest BCUT2D eigenvalue weighted by Gasteiger charge is 2.13. The summed E-state index contributed by atoms with van der Waals surface area (Å²) in [5, 5.41) is 0. The van der Waals surface area contributed by atoms with Gasteiger partial charge in [-0.2, -0.15) is 0 Å². The maximum atomic E-state index is 12.1. The lowest BCUT2D eigenvalue weighted by Crippen LogP contribution is -2.31. The van der Waals surface area contributed by atoms with Crippen molar-refractivity contribution in [3.8, 4) is 12.3 Å². The fourth-order valence-electron chi connectivity index (χ4n) is 1.72. The summed E-state index contributed by atoms with van der Waals surface area (Å²) in [6.45, 7) is 6.90. The lowest BCUT2D eigenvalue weighted by molar-refractivity contribution is 0.0784. The molecule has 1 aromatic carbocycles. The van der Waals surface area contributed by atoms with Gasteiger partial charge < -0.3 is 4.90 Å². The molecule has 2 heteroatoms. The van der Waals surface area contributed by atoms with Crippen LogP contribution < -0.4 is 0 Å². The van der Waals surface area contributed by atoms with Gasteiger partial charge in [0.05, 0.1) is 6.54 Å². The molecular formula is C14H17NO. The minimum Gasteiger partial charge on any atom is -0.328 e. The Morgan fingerprint density at radius 2 is 1.88 bits per heavy atom. The molecule has 0 aliphatic rings. The van der Waals surface area contributed by atoms with E-state index in [4.69, 9.17) is 6.42 Å². The zero-order valence-electron chi connectivity index (χ0n) is 10.1. The highest BCUT2D eigenvalue weighted by molar-refractivity contribution is 5.94. The topological polar surface area (TPSA) is 20.3 Å². The molecular weight excluding hydrogens is 198 g/mol. The lowest BCUT2D eigenvalue weighted by Gasteiger charge is -2.18. The first-order valence-corrected chi connectivity index (χ1v) is 5.39. The van der Waals surface area contributed by atoms with Crippen LogP contribution >= 0.6 is 0 Å². The molecule has 84 valence electrons. The van der Waals surface area contributed by atoms with Crippen molar-refractivity contribution >= 4 is 5.91 Å². The van der Waals surface area contributed by atoms with Crippen LogP contribution in [-0.4, -0.2) is 23.9 Å². The Morgan fingerprint density at radius 1 is 1.31 bits per heavy atom. The summed E-state index contributed by atoms with van der Waals surface area (Å²) in [7, 11) is 0. The fraction of sp³-hybridized carbons (Fsp3) is 0.357. The second-order valence-corrected chi connectivity index (χ2v) is 3.90. The van der Waals surface area contributed by atoms with Crippen LogP contribution in [0.5, 0.6) is 0 Å². The van der Waals surface area contributed by atoms with Crippen molar-refractivity contribution in [3.05, 3.63) is 34.9 Å².